The molecular weight excluding hydrogens is 432 g/mol. The monoisotopic (exact) mass is 448 g/mol. The summed E-state index contributed by atoms with van der Waals surface area (Å²) in [6.07, 6.45) is 0.0795. The Kier molecular flexibility index (Phi) is 5.58. The van der Waals surface area contributed by atoms with E-state index in [9.17, 15) is 13.2 Å². The van der Waals surface area contributed by atoms with E-state index in [0.717, 1.165) is 5.01 Å². The van der Waals surface area contributed by atoms with Gasteiger partial charge in [-0.25, -0.2) is 13.4 Å². The van der Waals surface area contributed by atoms with Crippen molar-refractivity contribution in [3.8, 4) is 5.75 Å². The van der Waals surface area contributed by atoms with Crippen LogP contribution in [-0.2, 0) is 27.7 Å². The highest BCUT2D eigenvalue weighted by Gasteiger charge is 2.35. The lowest BCUT2D eigenvalue weighted by Crippen LogP contribution is -2.30. The van der Waals surface area contributed by atoms with E-state index < -0.39 is 15.9 Å². The molecule has 1 aliphatic heterocycles. The fraction of sp³-hybridized carbons (Fsp3) is 0.200. The molecule has 4 rings (SSSR count). The number of thiazole rings is 1. The number of fused-ring (bicyclic) bond motifs is 1. The normalized spacial score (nSPS) is 16.9. The third-order valence-electron chi connectivity index (χ3n) is 4.47. The van der Waals surface area contributed by atoms with Crippen molar-refractivity contribution in [2.75, 3.05) is 5.75 Å². The molecule has 1 aromatic heterocycles. The summed E-state index contributed by atoms with van der Waals surface area (Å²) in [5, 5.41) is 6.00. The molecular formula is C20H17ClN2O4S2. The van der Waals surface area contributed by atoms with Crippen molar-refractivity contribution in [1.29, 1.82) is 0 Å². The molecule has 6 nitrogen and oxygen atoms in total. The topological polar surface area (TPSA) is 85.4 Å². The van der Waals surface area contributed by atoms with Crippen LogP contribution in [0.25, 0.3) is 0 Å². The van der Waals surface area contributed by atoms with Gasteiger partial charge in [0, 0.05) is 10.4 Å². The van der Waals surface area contributed by atoms with Gasteiger partial charge in [0.05, 0.1) is 28.8 Å². The van der Waals surface area contributed by atoms with Crippen LogP contribution in [0, 0.1) is 0 Å². The second-order valence-corrected chi connectivity index (χ2v) is 9.97. The standard InChI is InChI=1S/C20H17ClN2O4S2/c21-13-5-7-15(8-6-13)27-10-20-22-14(11-28-20)9-19(24)23-17-12-29(25,26)18-4-2-1-3-16(17)18/h1-8,11,17H,9-10,12H2,(H,23,24). The Morgan fingerprint density at radius 1 is 1.21 bits per heavy atom. The second-order valence-electron chi connectivity index (χ2n) is 6.59. The van der Waals surface area contributed by atoms with Gasteiger partial charge in [0.2, 0.25) is 5.91 Å². The number of carbonyl (C=O) groups is 1. The van der Waals surface area contributed by atoms with E-state index in [1.165, 1.54) is 11.3 Å². The number of aromatic nitrogens is 1. The van der Waals surface area contributed by atoms with E-state index in [2.05, 4.69) is 10.3 Å². The number of nitrogens with zero attached hydrogens (tertiary/aromatic N) is 1. The first-order chi connectivity index (χ1) is 13.9. The first-order valence-electron chi connectivity index (χ1n) is 8.83. The number of hydrogen-bond donors (Lipinski definition) is 1. The summed E-state index contributed by atoms with van der Waals surface area (Å²) in [7, 11) is -3.36. The van der Waals surface area contributed by atoms with Gasteiger partial charge in [0.25, 0.3) is 0 Å². The Balaban J connectivity index is 1.34. The Morgan fingerprint density at radius 2 is 1.97 bits per heavy atom. The number of ether oxygens (including phenoxy) is 1. The van der Waals surface area contributed by atoms with Crippen molar-refractivity contribution in [2.45, 2.75) is 24.0 Å². The Bertz CT molecular complexity index is 1140. The van der Waals surface area contributed by atoms with Gasteiger partial charge < -0.3 is 10.1 Å². The fourth-order valence-corrected chi connectivity index (χ4v) is 5.72. The van der Waals surface area contributed by atoms with E-state index in [1.54, 1.807) is 53.9 Å². The highest BCUT2D eigenvalue weighted by atomic mass is 35.5. The van der Waals surface area contributed by atoms with Crippen molar-refractivity contribution in [2.24, 2.45) is 0 Å². The first-order valence-corrected chi connectivity index (χ1v) is 11.7. The van der Waals surface area contributed by atoms with Crippen molar-refractivity contribution in [3.63, 3.8) is 0 Å². The zero-order valence-corrected chi connectivity index (χ0v) is 17.6. The molecule has 1 atom stereocenters. The SMILES string of the molecule is O=C(Cc1csc(COc2ccc(Cl)cc2)n1)NC1CS(=O)(=O)c2ccccc21. The van der Waals surface area contributed by atoms with Crippen LogP contribution in [0.2, 0.25) is 5.02 Å². The molecule has 0 aliphatic carbocycles. The summed E-state index contributed by atoms with van der Waals surface area (Å²) in [6.45, 7) is 0.294. The number of carbonyl (C=O) groups excluding carboxylic acids is 1. The summed E-state index contributed by atoms with van der Waals surface area (Å²) < 4.78 is 30.1. The average Bonchev–Trinajstić information content (AvgIpc) is 3.23. The molecule has 1 N–H and O–H groups in total. The minimum absolute atomic E-state index is 0.0795. The number of rotatable bonds is 6. The highest BCUT2D eigenvalue weighted by Crippen LogP contribution is 2.33. The van der Waals surface area contributed by atoms with Gasteiger partial charge in [-0.05, 0) is 35.9 Å². The minimum Gasteiger partial charge on any atom is -0.486 e. The fourth-order valence-electron chi connectivity index (χ4n) is 3.15. The summed E-state index contributed by atoms with van der Waals surface area (Å²) >= 11 is 7.25. The maximum absolute atomic E-state index is 12.4. The molecule has 0 fully saturated rings. The average molecular weight is 449 g/mol. The number of halogens is 1. The van der Waals surface area contributed by atoms with Gasteiger partial charge in [-0.3, -0.25) is 4.79 Å². The van der Waals surface area contributed by atoms with Gasteiger partial charge in [-0.1, -0.05) is 29.8 Å². The second kappa shape index (κ2) is 8.14. The van der Waals surface area contributed by atoms with Gasteiger partial charge in [0.1, 0.15) is 17.4 Å². The smallest absolute Gasteiger partial charge is 0.226 e. The van der Waals surface area contributed by atoms with Gasteiger partial charge >= 0.3 is 0 Å². The molecule has 0 radical (unpaired) electrons. The number of amides is 1. The molecule has 0 saturated carbocycles. The molecule has 3 aromatic rings. The van der Waals surface area contributed by atoms with Crippen LogP contribution in [0.4, 0.5) is 0 Å². The van der Waals surface area contributed by atoms with Crippen LogP contribution >= 0.6 is 22.9 Å². The van der Waals surface area contributed by atoms with E-state index in [1.807, 2.05) is 0 Å². The van der Waals surface area contributed by atoms with Crippen LogP contribution < -0.4 is 10.1 Å². The summed E-state index contributed by atoms with van der Waals surface area (Å²) in [5.74, 6) is 0.303. The molecule has 0 bridgehead atoms. The van der Waals surface area contributed by atoms with Crippen LogP contribution in [0.15, 0.2) is 58.8 Å². The summed E-state index contributed by atoms with van der Waals surface area (Å²) in [5.41, 5.74) is 1.26. The van der Waals surface area contributed by atoms with Gasteiger partial charge in [-0.15, -0.1) is 11.3 Å². The third-order valence-corrected chi connectivity index (χ3v) is 7.40. The molecule has 150 valence electrons. The van der Waals surface area contributed by atoms with Gasteiger partial charge in [0.15, 0.2) is 9.84 Å². The Morgan fingerprint density at radius 3 is 2.76 bits per heavy atom. The van der Waals surface area contributed by atoms with E-state index in [4.69, 9.17) is 16.3 Å². The molecule has 1 aliphatic rings. The maximum Gasteiger partial charge on any atom is 0.226 e. The first kappa shape index (κ1) is 19.9. The molecule has 9 heteroatoms. The van der Waals surface area contributed by atoms with E-state index in [-0.39, 0.29) is 18.1 Å². The van der Waals surface area contributed by atoms with E-state index >= 15 is 0 Å². The van der Waals surface area contributed by atoms with Crippen molar-refractivity contribution < 1.29 is 17.9 Å². The molecule has 2 heterocycles. The predicted molar refractivity (Wildman–Crippen MR) is 111 cm³/mol. The lowest BCUT2D eigenvalue weighted by atomic mass is 10.1. The number of hydrogen-bond acceptors (Lipinski definition) is 6. The lowest BCUT2D eigenvalue weighted by Gasteiger charge is -2.12. The molecule has 1 amide bonds. The van der Waals surface area contributed by atoms with Crippen LogP contribution in [0.1, 0.15) is 22.3 Å². The lowest BCUT2D eigenvalue weighted by molar-refractivity contribution is -0.121. The van der Waals surface area contributed by atoms with Crippen LogP contribution in [-0.4, -0.2) is 25.1 Å². The zero-order valence-electron chi connectivity index (χ0n) is 15.2. The number of nitrogens with one attached hydrogen (secondary N) is 1. The van der Waals surface area contributed by atoms with Gasteiger partial charge in [-0.2, -0.15) is 0 Å². The number of sulfone groups is 1. The largest absolute Gasteiger partial charge is 0.486 e. The minimum atomic E-state index is -3.36. The molecule has 0 spiro atoms. The maximum atomic E-state index is 12.4. The summed E-state index contributed by atoms with van der Waals surface area (Å²) in [6, 6.07) is 13.3. The van der Waals surface area contributed by atoms with Crippen molar-refractivity contribution >= 4 is 38.7 Å². The molecule has 0 saturated heterocycles. The predicted octanol–water partition coefficient (Wildman–Crippen LogP) is 3.56. The molecule has 29 heavy (non-hydrogen) atoms. The Labute approximate surface area is 177 Å². The third kappa shape index (κ3) is 4.60. The van der Waals surface area contributed by atoms with Crippen molar-refractivity contribution in [3.05, 3.63) is 75.2 Å². The molecule has 2 aromatic carbocycles. The molecule has 1 unspecified atom stereocenters. The highest BCUT2D eigenvalue weighted by molar-refractivity contribution is 7.91. The summed E-state index contributed by atoms with van der Waals surface area (Å²) in [4.78, 5) is 17.1. The quantitative estimate of drug-likeness (QED) is 0.623. The van der Waals surface area contributed by atoms with Crippen LogP contribution in [0.5, 0.6) is 5.75 Å². The van der Waals surface area contributed by atoms with Crippen LogP contribution in [0.3, 0.4) is 0 Å². The zero-order chi connectivity index (χ0) is 20.4. The van der Waals surface area contributed by atoms with Crippen molar-refractivity contribution in [1.82, 2.24) is 10.3 Å². The van der Waals surface area contributed by atoms with E-state index in [0.29, 0.717) is 33.5 Å². The number of benzene rings is 2. The Hall–Kier alpha value is -2.42.